The maximum Gasteiger partial charge on any atom is 0.199 e. The predicted octanol–water partition coefficient (Wildman–Crippen LogP) is 3.35. The second-order valence-corrected chi connectivity index (χ2v) is 8.47. The summed E-state index contributed by atoms with van der Waals surface area (Å²) in [5, 5.41) is 3.71. The molecule has 0 bridgehead atoms. The number of carbonyl (C=O) groups is 1. The van der Waals surface area contributed by atoms with Crippen LogP contribution in [0.15, 0.2) is 32.2 Å². The molecule has 0 N–H and O–H groups in total. The zero-order valence-electron chi connectivity index (χ0n) is 13.2. The van der Waals surface area contributed by atoms with Gasteiger partial charge >= 0.3 is 0 Å². The molecule has 1 aromatic heterocycles. The lowest BCUT2D eigenvalue weighted by Gasteiger charge is -2.14. The molecule has 0 unspecified atom stereocenters. The number of aromatic nitrogens is 1. The lowest BCUT2D eigenvalue weighted by molar-refractivity contribution is 0.103. The monoisotopic (exact) mass is 413 g/mol. The van der Waals surface area contributed by atoms with Crippen molar-refractivity contribution >= 4 is 31.6 Å². The summed E-state index contributed by atoms with van der Waals surface area (Å²) in [5.74, 6) is 0.442. The van der Waals surface area contributed by atoms with E-state index in [2.05, 4.69) is 21.1 Å². The highest BCUT2D eigenvalue weighted by molar-refractivity contribution is 9.10. The smallest absolute Gasteiger partial charge is 0.199 e. The molecule has 1 heterocycles. The van der Waals surface area contributed by atoms with Gasteiger partial charge in [0.2, 0.25) is 0 Å². The van der Waals surface area contributed by atoms with Gasteiger partial charge in [-0.3, -0.25) is 4.79 Å². The van der Waals surface area contributed by atoms with E-state index in [1.807, 2.05) is 0 Å². The van der Waals surface area contributed by atoms with E-state index in [9.17, 15) is 13.2 Å². The summed E-state index contributed by atoms with van der Waals surface area (Å²) in [6.45, 7) is 2.03. The van der Waals surface area contributed by atoms with Gasteiger partial charge < -0.3 is 9.26 Å². The number of sulfone groups is 1. The summed E-state index contributed by atoms with van der Waals surface area (Å²) in [4.78, 5) is 12.8. The fourth-order valence-electron chi connectivity index (χ4n) is 2.57. The van der Waals surface area contributed by atoms with Gasteiger partial charge in [0.1, 0.15) is 4.90 Å². The van der Waals surface area contributed by atoms with Crippen LogP contribution in [0.25, 0.3) is 0 Å². The zero-order valence-corrected chi connectivity index (χ0v) is 15.6. The third-order valence-corrected chi connectivity index (χ3v) is 5.53. The molecule has 0 radical (unpaired) electrons. The molecule has 6 nitrogen and oxygen atoms in total. The molecular formula is C16H16BrNO5S. The fraction of sp³-hybridized carbons (Fsp3) is 0.375. The Kier molecular flexibility index (Phi) is 4.52. The van der Waals surface area contributed by atoms with Crippen molar-refractivity contribution in [1.82, 2.24) is 5.16 Å². The van der Waals surface area contributed by atoms with Crippen LogP contribution in [0, 0.1) is 0 Å². The molecule has 24 heavy (non-hydrogen) atoms. The van der Waals surface area contributed by atoms with Gasteiger partial charge in [0.25, 0.3) is 0 Å². The van der Waals surface area contributed by atoms with E-state index in [1.165, 1.54) is 12.3 Å². The maximum atomic E-state index is 13.0. The van der Waals surface area contributed by atoms with Crippen molar-refractivity contribution in [2.75, 3.05) is 12.9 Å². The SMILES string of the molecule is CCOc1c(Br)ccc(C(=O)c2cnoc2C2CC2)c1S(C)(=O)=O. The number of hydrogen-bond donors (Lipinski definition) is 0. The summed E-state index contributed by atoms with van der Waals surface area (Å²) >= 11 is 3.29. The Morgan fingerprint density at radius 3 is 2.67 bits per heavy atom. The quantitative estimate of drug-likeness (QED) is 0.674. The summed E-state index contributed by atoms with van der Waals surface area (Å²) in [6, 6.07) is 3.09. The number of halogens is 1. The molecule has 2 aromatic rings. The minimum atomic E-state index is -3.69. The highest BCUT2D eigenvalue weighted by Crippen LogP contribution is 2.43. The molecule has 0 saturated heterocycles. The first-order valence-electron chi connectivity index (χ1n) is 7.49. The molecule has 1 saturated carbocycles. The standard InChI is InChI=1S/C16H16BrNO5S/c1-3-22-15-12(17)7-6-10(16(15)24(2,20)21)13(19)11-8-18-23-14(11)9-4-5-9/h6-9H,3-5H2,1-2H3. The lowest BCUT2D eigenvalue weighted by atomic mass is 10.0. The zero-order chi connectivity index (χ0) is 17.5. The van der Waals surface area contributed by atoms with Crippen LogP contribution in [-0.2, 0) is 9.84 Å². The summed E-state index contributed by atoms with van der Waals surface area (Å²) in [6.07, 6.45) is 4.30. The van der Waals surface area contributed by atoms with Crippen LogP contribution in [0.3, 0.4) is 0 Å². The van der Waals surface area contributed by atoms with Crippen LogP contribution >= 0.6 is 15.9 Å². The largest absolute Gasteiger partial charge is 0.491 e. The summed E-state index contributed by atoms with van der Waals surface area (Å²) in [7, 11) is -3.69. The van der Waals surface area contributed by atoms with Crippen molar-refractivity contribution in [2.24, 2.45) is 0 Å². The maximum absolute atomic E-state index is 13.0. The average molecular weight is 414 g/mol. The Morgan fingerprint density at radius 2 is 2.08 bits per heavy atom. The van der Waals surface area contributed by atoms with E-state index in [4.69, 9.17) is 9.26 Å². The van der Waals surface area contributed by atoms with E-state index in [1.54, 1.807) is 13.0 Å². The van der Waals surface area contributed by atoms with Crippen molar-refractivity contribution in [3.8, 4) is 5.75 Å². The van der Waals surface area contributed by atoms with Gasteiger partial charge in [0.05, 0.1) is 22.8 Å². The molecule has 0 spiro atoms. The van der Waals surface area contributed by atoms with Crippen molar-refractivity contribution in [3.05, 3.63) is 39.7 Å². The summed E-state index contributed by atoms with van der Waals surface area (Å²) in [5.41, 5.74) is 0.376. The van der Waals surface area contributed by atoms with Crippen molar-refractivity contribution < 1.29 is 22.5 Å². The van der Waals surface area contributed by atoms with Crippen molar-refractivity contribution in [3.63, 3.8) is 0 Å². The number of ether oxygens (including phenoxy) is 1. The fourth-order valence-corrected chi connectivity index (χ4v) is 4.21. The second kappa shape index (κ2) is 6.33. The van der Waals surface area contributed by atoms with Gasteiger partial charge in [-0.15, -0.1) is 0 Å². The van der Waals surface area contributed by atoms with Crippen LogP contribution < -0.4 is 4.74 Å². The molecule has 8 heteroatoms. The number of rotatable bonds is 6. The molecule has 128 valence electrons. The molecule has 1 fully saturated rings. The number of benzene rings is 1. The third-order valence-electron chi connectivity index (χ3n) is 3.76. The molecule has 0 aliphatic heterocycles. The number of carbonyl (C=O) groups excluding carboxylic acids is 1. The number of ketones is 1. The molecule has 0 amide bonds. The molecule has 3 rings (SSSR count). The highest BCUT2D eigenvalue weighted by atomic mass is 79.9. The predicted molar refractivity (Wildman–Crippen MR) is 90.3 cm³/mol. The molecule has 1 aliphatic rings. The average Bonchev–Trinajstić information content (AvgIpc) is 3.24. The second-order valence-electron chi connectivity index (χ2n) is 5.67. The van der Waals surface area contributed by atoms with Crippen molar-refractivity contribution in [2.45, 2.75) is 30.6 Å². The van der Waals surface area contributed by atoms with E-state index >= 15 is 0 Å². The van der Waals surface area contributed by atoms with E-state index in [-0.39, 0.29) is 28.7 Å². The van der Waals surface area contributed by atoms with Gasteiger partial charge in [-0.05, 0) is 47.8 Å². The lowest BCUT2D eigenvalue weighted by Crippen LogP contribution is -2.13. The Labute approximate surface area is 148 Å². The molecule has 0 atom stereocenters. The van der Waals surface area contributed by atoms with Gasteiger partial charge in [0.15, 0.2) is 27.1 Å². The first kappa shape index (κ1) is 17.2. The van der Waals surface area contributed by atoms with E-state index < -0.39 is 15.6 Å². The molecular weight excluding hydrogens is 398 g/mol. The Morgan fingerprint density at radius 1 is 1.38 bits per heavy atom. The Hall–Kier alpha value is -1.67. The van der Waals surface area contributed by atoms with Gasteiger partial charge in [0, 0.05) is 17.7 Å². The van der Waals surface area contributed by atoms with Crippen molar-refractivity contribution in [1.29, 1.82) is 0 Å². The van der Waals surface area contributed by atoms with E-state index in [0.29, 0.717) is 15.8 Å². The van der Waals surface area contributed by atoms with Gasteiger partial charge in [-0.1, -0.05) is 5.16 Å². The number of nitrogens with zero attached hydrogens (tertiary/aromatic N) is 1. The minimum Gasteiger partial charge on any atom is -0.491 e. The van der Waals surface area contributed by atoms with Crippen LogP contribution in [0.4, 0.5) is 0 Å². The Balaban J connectivity index is 2.18. The normalized spacial score (nSPS) is 14.6. The van der Waals surface area contributed by atoms with E-state index in [0.717, 1.165) is 19.1 Å². The summed E-state index contributed by atoms with van der Waals surface area (Å²) < 4.78 is 35.8. The Bertz CT molecular complexity index is 899. The van der Waals surface area contributed by atoms with Crippen LogP contribution in [0.5, 0.6) is 5.75 Å². The third kappa shape index (κ3) is 3.12. The molecule has 1 aromatic carbocycles. The van der Waals surface area contributed by atoms with Crippen LogP contribution in [0.2, 0.25) is 0 Å². The topological polar surface area (TPSA) is 86.5 Å². The molecule has 1 aliphatic carbocycles. The van der Waals surface area contributed by atoms with Crippen LogP contribution in [0.1, 0.15) is 47.4 Å². The first-order valence-corrected chi connectivity index (χ1v) is 10.2. The highest BCUT2D eigenvalue weighted by Gasteiger charge is 2.34. The van der Waals surface area contributed by atoms with Crippen LogP contribution in [-0.4, -0.2) is 32.2 Å². The van der Waals surface area contributed by atoms with Gasteiger partial charge in [-0.2, -0.15) is 0 Å². The minimum absolute atomic E-state index is 0.0641. The first-order chi connectivity index (χ1) is 11.3. The number of hydrogen-bond acceptors (Lipinski definition) is 6. The van der Waals surface area contributed by atoms with Gasteiger partial charge in [-0.25, -0.2) is 8.42 Å².